The molecule has 174 valence electrons. The van der Waals surface area contributed by atoms with Crippen molar-refractivity contribution in [1.29, 1.82) is 0 Å². The molecule has 0 fully saturated rings. The Balaban J connectivity index is 2.32. The Morgan fingerprint density at radius 1 is 1.15 bits per heavy atom. The van der Waals surface area contributed by atoms with Crippen molar-refractivity contribution in [1.82, 2.24) is 0 Å². The van der Waals surface area contributed by atoms with E-state index in [2.05, 4.69) is 13.2 Å². The number of allylic oxidation sites excluding steroid dienone is 1. The van der Waals surface area contributed by atoms with Crippen LogP contribution in [0.2, 0.25) is 0 Å². The Kier molecular flexibility index (Phi) is 7.06. The standard InChI is InChI=1S/C25H28N2O6/c1-5-8-15-32-23(29)20-21(26)33-16(4)19(22(28)31-14-7-3)25(20)17-11-9-10-12-18(17)27(13-6-2)24(25)30/h6-7,9-12H,2-3,5,8,13-15,26H2,1,4H3/t25-/m0/s1. The predicted molar refractivity (Wildman–Crippen MR) is 123 cm³/mol. The molecule has 0 aromatic heterocycles. The van der Waals surface area contributed by atoms with Crippen molar-refractivity contribution in [2.24, 2.45) is 5.73 Å². The fraction of sp³-hybridized carbons (Fsp3) is 0.320. The number of nitrogens with zero attached hydrogens (tertiary/aromatic N) is 1. The fourth-order valence-corrected chi connectivity index (χ4v) is 4.23. The number of carbonyl (C=O) groups excluding carboxylic acids is 3. The molecule has 8 heteroatoms. The Morgan fingerprint density at radius 3 is 2.52 bits per heavy atom. The van der Waals surface area contributed by atoms with Gasteiger partial charge in [0.1, 0.15) is 28.9 Å². The summed E-state index contributed by atoms with van der Waals surface area (Å²) in [5.41, 5.74) is 4.89. The van der Waals surface area contributed by atoms with Crippen LogP contribution in [0.25, 0.3) is 0 Å². The number of ether oxygens (including phenoxy) is 3. The molecule has 1 atom stereocenters. The SMILES string of the molecule is C=CCOC(=O)C1=C(C)OC(N)=C(C(=O)OCCCC)[C@@]12C(=O)N(CC=C)c1ccccc12. The van der Waals surface area contributed by atoms with Crippen LogP contribution in [0.3, 0.4) is 0 Å². The summed E-state index contributed by atoms with van der Waals surface area (Å²) >= 11 is 0. The number of para-hydroxylation sites is 1. The van der Waals surface area contributed by atoms with Gasteiger partial charge in [0.25, 0.3) is 0 Å². The third-order valence-corrected chi connectivity index (χ3v) is 5.56. The van der Waals surface area contributed by atoms with Crippen molar-refractivity contribution in [2.75, 3.05) is 24.7 Å². The summed E-state index contributed by atoms with van der Waals surface area (Å²) in [6.07, 6.45) is 4.40. The zero-order chi connectivity index (χ0) is 24.2. The summed E-state index contributed by atoms with van der Waals surface area (Å²) in [4.78, 5) is 42.2. The van der Waals surface area contributed by atoms with Crippen molar-refractivity contribution in [3.8, 4) is 0 Å². The van der Waals surface area contributed by atoms with Gasteiger partial charge in [0, 0.05) is 17.8 Å². The van der Waals surface area contributed by atoms with Gasteiger partial charge in [-0.1, -0.05) is 50.3 Å². The van der Waals surface area contributed by atoms with E-state index in [1.165, 1.54) is 17.9 Å². The van der Waals surface area contributed by atoms with Crippen molar-refractivity contribution >= 4 is 23.5 Å². The third-order valence-electron chi connectivity index (χ3n) is 5.56. The van der Waals surface area contributed by atoms with Crippen LogP contribution in [0.4, 0.5) is 5.69 Å². The molecule has 0 saturated carbocycles. The first-order valence-electron chi connectivity index (χ1n) is 10.7. The van der Waals surface area contributed by atoms with Gasteiger partial charge < -0.3 is 24.8 Å². The molecule has 0 unspecified atom stereocenters. The van der Waals surface area contributed by atoms with E-state index >= 15 is 0 Å². The summed E-state index contributed by atoms with van der Waals surface area (Å²) in [6.45, 7) is 10.9. The first kappa shape index (κ1) is 23.8. The van der Waals surface area contributed by atoms with E-state index in [-0.39, 0.29) is 42.5 Å². The molecule has 0 aliphatic carbocycles. The van der Waals surface area contributed by atoms with Crippen LogP contribution in [0.1, 0.15) is 32.3 Å². The Hall–Kier alpha value is -3.81. The maximum atomic E-state index is 14.1. The van der Waals surface area contributed by atoms with Gasteiger partial charge in [0.05, 0.1) is 6.61 Å². The lowest BCUT2D eigenvalue weighted by atomic mass is 9.67. The monoisotopic (exact) mass is 452 g/mol. The maximum Gasteiger partial charge on any atom is 0.341 e. The van der Waals surface area contributed by atoms with E-state index in [0.717, 1.165) is 6.42 Å². The van der Waals surface area contributed by atoms with E-state index < -0.39 is 23.3 Å². The predicted octanol–water partition coefficient (Wildman–Crippen LogP) is 3.00. The molecular formula is C25H28N2O6. The van der Waals surface area contributed by atoms with Gasteiger partial charge in [-0.3, -0.25) is 4.79 Å². The number of anilines is 1. The van der Waals surface area contributed by atoms with E-state index in [9.17, 15) is 14.4 Å². The average Bonchev–Trinajstić information content (AvgIpc) is 3.01. The smallest absolute Gasteiger partial charge is 0.341 e. The first-order valence-corrected chi connectivity index (χ1v) is 10.7. The molecule has 33 heavy (non-hydrogen) atoms. The number of amides is 1. The quantitative estimate of drug-likeness (QED) is 0.349. The summed E-state index contributed by atoms with van der Waals surface area (Å²) in [6, 6.07) is 6.90. The first-order chi connectivity index (χ1) is 15.9. The van der Waals surface area contributed by atoms with Gasteiger partial charge in [0.15, 0.2) is 0 Å². The summed E-state index contributed by atoms with van der Waals surface area (Å²) in [5.74, 6) is -2.41. The van der Waals surface area contributed by atoms with Crippen LogP contribution >= 0.6 is 0 Å². The highest BCUT2D eigenvalue weighted by Crippen LogP contribution is 2.54. The molecule has 8 nitrogen and oxygen atoms in total. The highest BCUT2D eigenvalue weighted by atomic mass is 16.5. The van der Waals surface area contributed by atoms with Crippen molar-refractivity contribution < 1.29 is 28.6 Å². The van der Waals surface area contributed by atoms with Gasteiger partial charge in [-0.2, -0.15) is 0 Å². The number of benzene rings is 1. The second-order valence-corrected chi connectivity index (χ2v) is 7.62. The second-order valence-electron chi connectivity index (χ2n) is 7.62. The normalized spacial score (nSPS) is 19.3. The highest BCUT2D eigenvalue weighted by molar-refractivity contribution is 6.22. The highest BCUT2D eigenvalue weighted by Gasteiger charge is 2.63. The van der Waals surface area contributed by atoms with E-state index in [0.29, 0.717) is 17.7 Å². The molecule has 0 saturated heterocycles. The Labute approximate surface area is 193 Å². The molecule has 1 aromatic rings. The van der Waals surface area contributed by atoms with Crippen LogP contribution in [0.5, 0.6) is 0 Å². The number of carbonyl (C=O) groups is 3. The number of esters is 2. The zero-order valence-corrected chi connectivity index (χ0v) is 18.9. The third kappa shape index (κ3) is 3.82. The van der Waals surface area contributed by atoms with Gasteiger partial charge in [-0.25, -0.2) is 9.59 Å². The molecule has 0 bridgehead atoms. The lowest BCUT2D eigenvalue weighted by Gasteiger charge is -2.36. The minimum absolute atomic E-state index is 0.0651. The summed E-state index contributed by atoms with van der Waals surface area (Å²) < 4.78 is 16.4. The van der Waals surface area contributed by atoms with Crippen molar-refractivity contribution in [2.45, 2.75) is 32.1 Å². The molecule has 2 aliphatic heterocycles. The molecule has 1 amide bonds. The van der Waals surface area contributed by atoms with Gasteiger partial charge >= 0.3 is 11.9 Å². The largest absolute Gasteiger partial charge is 0.462 e. The number of hydrogen-bond acceptors (Lipinski definition) is 7. The molecule has 3 rings (SSSR count). The van der Waals surface area contributed by atoms with Crippen molar-refractivity contribution in [3.63, 3.8) is 0 Å². The van der Waals surface area contributed by atoms with Gasteiger partial charge in [0.2, 0.25) is 11.8 Å². The van der Waals surface area contributed by atoms with Crippen LogP contribution < -0.4 is 10.6 Å². The summed E-state index contributed by atoms with van der Waals surface area (Å²) in [5, 5.41) is 0. The minimum Gasteiger partial charge on any atom is -0.462 e. The molecule has 0 radical (unpaired) electrons. The number of fused-ring (bicyclic) bond motifs is 2. The number of nitrogens with two attached hydrogens (primary N) is 1. The van der Waals surface area contributed by atoms with Crippen LogP contribution in [0.15, 0.2) is 72.4 Å². The van der Waals surface area contributed by atoms with E-state index in [4.69, 9.17) is 19.9 Å². The maximum absolute atomic E-state index is 14.1. The molecular weight excluding hydrogens is 424 g/mol. The van der Waals surface area contributed by atoms with Crippen LogP contribution in [-0.2, 0) is 34.0 Å². The lowest BCUT2D eigenvalue weighted by Crippen LogP contribution is -2.51. The fourth-order valence-electron chi connectivity index (χ4n) is 4.23. The van der Waals surface area contributed by atoms with Crippen LogP contribution in [0, 0.1) is 0 Å². The Bertz CT molecular complexity index is 1070. The molecule has 2 aliphatic rings. The Morgan fingerprint density at radius 2 is 1.85 bits per heavy atom. The average molecular weight is 453 g/mol. The van der Waals surface area contributed by atoms with Crippen LogP contribution in [-0.4, -0.2) is 37.6 Å². The minimum atomic E-state index is -1.88. The second kappa shape index (κ2) is 9.77. The molecule has 1 aromatic carbocycles. The number of hydrogen-bond donors (Lipinski definition) is 1. The summed E-state index contributed by atoms with van der Waals surface area (Å²) in [7, 11) is 0. The molecule has 1 spiro atoms. The molecule has 2 N–H and O–H groups in total. The number of rotatable bonds is 9. The number of unbranched alkanes of at least 4 members (excludes halogenated alkanes) is 1. The molecule has 2 heterocycles. The topological polar surface area (TPSA) is 108 Å². The van der Waals surface area contributed by atoms with E-state index in [1.54, 1.807) is 30.3 Å². The van der Waals surface area contributed by atoms with Gasteiger partial charge in [-0.15, -0.1) is 6.58 Å². The van der Waals surface area contributed by atoms with E-state index in [1.807, 2.05) is 6.92 Å². The zero-order valence-electron chi connectivity index (χ0n) is 18.9. The lowest BCUT2D eigenvalue weighted by molar-refractivity contribution is -0.143. The van der Waals surface area contributed by atoms with Gasteiger partial charge in [-0.05, 0) is 19.4 Å². The van der Waals surface area contributed by atoms with Crippen molar-refractivity contribution in [3.05, 3.63) is 77.9 Å².